The molecule has 0 N–H and O–H groups in total. The normalized spacial score (nSPS) is 12.1. The van der Waals surface area contributed by atoms with E-state index in [1.54, 1.807) is 17.6 Å². The van der Waals surface area contributed by atoms with Gasteiger partial charge in [-0.2, -0.15) is 0 Å². The van der Waals surface area contributed by atoms with Gasteiger partial charge in [-0.05, 0) is 12.1 Å². The molecule has 1 aromatic heterocycles. The van der Waals surface area contributed by atoms with Gasteiger partial charge in [-0.1, -0.05) is 6.07 Å². The first-order valence-electron chi connectivity index (χ1n) is 3.36. The van der Waals surface area contributed by atoms with E-state index in [4.69, 9.17) is 0 Å². The summed E-state index contributed by atoms with van der Waals surface area (Å²) in [5.74, 6) is 0. The van der Waals surface area contributed by atoms with Gasteiger partial charge < -0.3 is 0 Å². The first-order valence-corrected chi connectivity index (χ1v) is 8.26. The molecule has 13 heavy (non-hydrogen) atoms. The third kappa shape index (κ3) is 1.70. The summed E-state index contributed by atoms with van der Waals surface area (Å²) in [6.45, 7) is 0. The maximum Gasteiger partial charge on any atom is 0.233 e. The number of nitrogens with zero attached hydrogens (tertiary/aromatic N) is 1. The molecule has 0 radical (unpaired) electrons. The number of benzene rings is 1. The highest BCUT2D eigenvalue weighted by Crippen LogP contribution is 2.27. The Labute approximate surface area is 91.3 Å². The maximum absolute atomic E-state index is 11.3. The minimum Gasteiger partial charge on any atom is -0.243 e. The summed E-state index contributed by atoms with van der Waals surface area (Å²) >= 11 is 2.86. The van der Waals surface area contributed by atoms with Crippen molar-refractivity contribution in [2.45, 2.75) is 4.90 Å². The number of fused-ring (bicyclic) bond motifs is 1. The number of halogens is 1. The Hall–Kier alpha value is -0.210. The van der Waals surface area contributed by atoms with Crippen LogP contribution in [-0.2, 0) is 7.01 Å². The number of para-hydroxylation sites is 1. The quantitative estimate of drug-likeness (QED) is 0.598. The van der Waals surface area contributed by atoms with Crippen LogP contribution in [0.4, 0.5) is 0 Å². The van der Waals surface area contributed by atoms with Gasteiger partial charge in [-0.25, -0.2) is 13.4 Å². The van der Waals surface area contributed by atoms with E-state index in [9.17, 15) is 8.42 Å². The average molecular weight is 325 g/mol. The number of aromatic nitrogens is 1. The van der Waals surface area contributed by atoms with E-state index in [1.807, 2.05) is 6.07 Å². The average Bonchev–Trinajstić information content (AvgIpc) is 2.48. The van der Waals surface area contributed by atoms with Gasteiger partial charge in [0.2, 0.25) is 7.01 Å². The zero-order chi connectivity index (χ0) is 9.47. The zero-order valence-electron chi connectivity index (χ0n) is 6.27. The lowest BCUT2D eigenvalue weighted by molar-refractivity contribution is 0.613. The fourth-order valence-electron chi connectivity index (χ4n) is 1.06. The number of hydrogen-bond donors (Lipinski definition) is 0. The van der Waals surface area contributed by atoms with Crippen molar-refractivity contribution in [3.05, 3.63) is 23.7 Å². The van der Waals surface area contributed by atoms with Gasteiger partial charge in [0.25, 0.3) is 0 Å². The predicted octanol–water partition coefficient (Wildman–Crippen LogP) is 2.42. The molecule has 0 aliphatic rings. The van der Waals surface area contributed by atoms with Gasteiger partial charge in [0, 0.05) is 0 Å². The minimum absolute atomic E-state index is 0.298. The van der Waals surface area contributed by atoms with Crippen LogP contribution in [0.2, 0.25) is 0 Å². The molecule has 0 aliphatic heterocycles. The summed E-state index contributed by atoms with van der Waals surface area (Å²) in [6, 6.07) is 5.16. The molecule has 1 heterocycles. The third-order valence-corrected chi connectivity index (χ3v) is 4.66. The van der Waals surface area contributed by atoms with E-state index in [-0.39, 0.29) is 0 Å². The van der Waals surface area contributed by atoms with Gasteiger partial charge in [-0.15, -0.1) is 11.3 Å². The van der Waals surface area contributed by atoms with Crippen LogP contribution in [-0.4, -0.2) is 13.4 Å². The molecule has 0 fully saturated rings. The molecule has 0 bridgehead atoms. The van der Waals surface area contributed by atoms with Crippen molar-refractivity contribution in [1.29, 1.82) is 0 Å². The lowest BCUT2D eigenvalue weighted by Crippen LogP contribution is -1.90. The molecule has 3 nitrogen and oxygen atoms in total. The van der Waals surface area contributed by atoms with E-state index in [0.29, 0.717) is 10.4 Å². The summed E-state index contributed by atoms with van der Waals surface area (Å²) in [5.41, 5.74) is 2.22. The smallest absolute Gasteiger partial charge is 0.233 e. The Morgan fingerprint density at radius 3 is 2.85 bits per heavy atom. The van der Waals surface area contributed by atoms with Crippen LogP contribution < -0.4 is 0 Å². The van der Waals surface area contributed by atoms with Gasteiger partial charge in [0.15, 0.2) is 0 Å². The molecule has 0 aliphatic carbocycles. The van der Waals surface area contributed by atoms with Crippen LogP contribution in [0.3, 0.4) is 0 Å². The molecule has 2 rings (SSSR count). The summed E-state index contributed by atoms with van der Waals surface area (Å²) in [4.78, 5) is 4.32. The molecular formula is C7H4INO2S2. The van der Waals surface area contributed by atoms with E-state index in [1.165, 1.54) is 32.5 Å². The van der Waals surface area contributed by atoms with Crippen LogP contribution in [0.5, 0.6) is 0 Å². The van der Waals surface area contributed by atoms with Crippen LogP contribution in [0, 0.1) is 0 Å². The second-order valence-corrected chi connectivity index (χ2v) is 8.07. The third-order valence-electron chi connectivity index (χ3n) is 1.59. The number of thiazole rings is 1. The molecule has 0 unspecified atom stereocenters. The highest BCUT2D eigenvalue weighted by atomic mass is 127. The molecule has 0 saturated heterocycles. The first kappa shape index (κ1) is 9.35. The van der Waals surface area contributed by atoms with E-state index in [2.05, 4.69) is 4.98 Å². The standard InChI is InChI=1S/C7H4INO2S2/c8-13(10,11)6-3-1-2-5-7(6)9-4-12-5/h1-4H. The molecule has 2 aromatic rings. The van der Waals surface area contributed by atoms with Gasteiger partial charge in [0.05, 0.1) is 31.4 Å². The van der Waals surface area contributed by atoms with Crippen LogP contribution in [0.15, 0.2) is 28.6 Å². The second kappa shape index (κ2) is 3.18. The van der Waals surface area contributed by atoms with Crippen LogP contribution >= 0.6 is 32.5 Å². The van der Waals surface area contributed by atoms with Crippen molar-refractivity contribution in [3.8, 4) is 0 Å². The van der Waals surface area contributed by atoms with Crippen molar-refractivity contribution >= 4 is 49.8 Å². The largest absolute Gasteiger partial charge is 0.243 e. The Bertz CT molecular complexity index is 546. The number of hydrogen-bond acceptors (Lipinski definition) is 4. The van der Waals surface area contributed by atoms with Gasteiger partial charge in [-0.3, -0.25) is 0 Å². The fourth-order valence-corrected chi connectivity index (χ4v) is 3.53. The first-order chi connectivity index (χ1) is 6.09. The van der Waals surface area contributed by atoms with E-state index < -0.39 is 7.01 Å². The fraction of sp³-hybridized carbons (Fsp3) is 0. The zero-order valence-corrected chi connectivity index (χ0v) is 10.1. The maximum atomic E-state index is 11.3. The van der Waals surface area contributed by atoms with Crippen molar-refractivity contribution in [3.63, 3.8) is 0 Å². The van der Waals surface area contributed by atoms with Crippen molar-refractivity contribution in [2.75, 3.05) is 0 Å². The second-order valence-electron chi connectivity index (χ2n) is 2.39. The van der Waals surface area contributed by atoms with Crippen LogP contribution in [0.1, 0.15) is 0 Å². The summed E-state index contributed by atoms with van der Waals surface area (Å²) in [7, 11) is -3.19. The summed E-state index contributed by atoms with van der Waals surface area (Å²) in [5, 5.41) is 0. The minimum atomic E-state index is -3.19. The molecule has 0 spiro atoms. The molecule has 0 saturated carbocycles. The highest BCUT2D eigenvalue weighted by Gasteiger charge is 2.14. The van der Waals surface area contributed by atoms with E-state index in [0.717, 1.165) is 4.70 Å². The lowest BCUT2D eigenvalue weighted by atomic mass is 10.3. The Morgan fingerprint density at radius 2 is 2.15 bits per heavy atom. The van der Waals surface area contributed by atoms with Crippen molar-refractivity contribution in [1.82, 2.24) is 4.98 Å². The van der Waals surface area contributed by atoms with Crippen LogP contribution in [0.25, 0.3) is 10.2 Å². The molecule has 68 valence electrons. The Balaban J connectivity index is 2.91. The topological polar surface area (TPSA) is 47.0 Å². The summed E-state index contributed by atoms with van der Waals surface area (Å²) < 4.78 is 23.5. The predicted molar refractivity (Wildman–Crippen MR) is 60.8 cm³/mol. The molecule has 0 amide bonds. The van der Waals surface area contributed by atoms with Crippen molar-refractivity contribution in [2.24, 2.45) is 0 Å². The molecular weight excluding hydrogens is 321 g/mol. The highest BCUT2D eigenvalue weighted by molar-refractivity contribution is 14.2. The summed E-state index contributed by atoms with van der Waals surface area (Å²) in [6.07, 6.45) is 0. The van der Waals surface area contributed by atoms with Crippen molar-refractivity contribution < 1.29 is 8.42 Å². The Morgan fingerprint density at radius 1 is 1.38 bits per heavy atom. The SMILES string of the molecule is O=S(=O)(I)c1cccc2scnc12. The van der Waals surface area contributed by atoms with Gasteiger partial charge in [0.1, 0.15) is 10.4 Å². The number of rotatable bonds is 1. The Kier molecular flexibility index (Phi) is 2.28. The molecule has 6 heteroatoms. The lowest BCUT2D eigenvalue weighted by Gasteiger charge is -1.95. The molecule has 1 aromatic carbocycles. The monoisotopic (exact) mass is 325 g/mol. The molecule has 0 atom stereocenters. The van der Waals surface area contributed by atoms with E-state index >= 15 is 0 Å². The van der Waals surface area contributed by atoms with Gasteiger partial charge >= 0.3 is 0 Å².